The summed E-state index contributed by atoms with van der Waals surface area (Å²) in [6, 6.07) is 14.9. The van der Waals surface area contributed by atoms with Crippen LogP contribution in [0.3, 0.4) is 0 Å². The number of aromatic hydroxyl groups is 4. The minimum atomic E-state index is -1.07. The Balaban J connectivity index is 1.51. The van der Waals surface area contributed by atoms with E-state index < -0.39 is 36.1 Å². The molecule has 75 heavy (non-hydrogen) atoms. The minimum Gasteiger partial charge on any atom is -0.507 e. The molecule has 13 heteroatoms. The molecule has 0 amide bonds. The molecular weight excluding hydrogens is 953 g/mol. The second kappa shape index (κ2) is 25.6. The highest BCUT2D eigenvalue weighted by atomic mass is 16.6. The number of benzene rings is 4. The molecule has 4 aromatic carbocycles. The van der Waals surface area contributed by atoms with Crippen molar-refractivity contribution in [2.24, 2.45) is 0 Å². The molecule has 2 atom stereocenters. The van der Waals surface area contributed by atoms with Gasteiger partial charge in [-0.05, 0) is 142 Å². The molecule has 0 aliphatic carbocycles. The average Bonchev–Trinajstić information content (AvgIpc) is 3.29. The second-order valence-corrected chi connectivity index (χ2v) is 24.4. The monoisotopic (exact) mass is 1040 g/mol. The van der Waals surface area contributed by atoms with Gasteiger partial charge in [0.25, 0.3) is 0 Å². The van der Waals surface area contributed by atoms with Gasteiger partial charge in [-0.2, -0.15) is 0 Å². The number of rotatable bonds is 22. The van der Waals surface area contributed by atoms with Crippen LogP contribution in [0.1, 0.15) is 176 Å². The summed E-state index contributed by atoms with van der Waals surface area (Å²) < 4.78 is 29.2. The molecule has 0 spiro atoms. The second-order valence-electron chi connectivity index (χ2n) is 24.4. The summed E-state index contributed by atoms with van der Waals surface area (Å²) in [7, 11) is 0. The van der Waals surface area contributed by atoms with Gasteiger partial charge in [-0.25, -0.2) is 0 Å². The van der Waals surface area contributed by atoms with Crippen LogP contribution in [-0.2, 0) is 90.2 Å². The first kappa shape index (κ1) is 61.5. The zero-order valence-corrected chi connectivity index (χ0v) is 47.7. The number of hydrogen-bond acceptors (Lipinski definition) is 13. The summed E-state index contributed by atoms with van der Waals surface area (Å²) >= 11 is 0. The first-order chi connectivity index (χ1) is 34.6. The average molecular weight is 1040 g/mol. The fourth-order valence-corrected chi connectivity index (χ4v) is 8.84. The van der Waals surface area contributed by atoms with Gasteiger partial charge < -0.3 is 44.1 Å². The number of carbonyl (C=O) groups excluding carboxylic acids is 4. The highest BCUT2D eigenvalue weighted by Gasteiger charge is 2.27. The van der Waals surface area contributed by atoms with Gasteiger partial charge in [-0.15, -0.1) is 0 Å². The van der Waals surface area contributed by atoms with E-state index in [1.54, 1.807) is 0 Å². The van der Waals surface area contributed by atoms with E-state index in [0.717, 1.165) is 44.5 Å². The lowest BCUT2D eigenvalue weighted by molar-refractivity contribution is -0.168. The summed E-state index contributed by atoms with van der Waals surface area (Å²) in [4.78, 5) is 53.6. The molecule has 0 aromatic heterocycles. The Bertz CT molecular complexity index is 2470. The van der Waals surface area contributed by atoms with Crippen LogP contribution < -0.4 is 0 Å². The van der Waals surface area contributed by atoms with E-state index in [-0.39, 0.29) is 96.8 Å². The molecule has 0 aliphatic heterocycles. The number of hydrogen-bond donors (Lipinski definition) is 4. The molecule has 13 nitrogen and oxygen atoms in total. The number of aryl methyl sites for hydroxylation is 8. The van der Waals surface area contributed by atoms with Gasteiger partial charge in [-0.3, -0.25) is 19.2 Å². The van der Waals surface area contributed by atoms with Gasteiger partial charge in [0.15, 0.2) is 12.2 Å². The maximum Gasteiger partial charge on any atom is 0.306 e. The lowest BCUT2D eigenvalue weighted by Crippen LogP contribution is -2.34. The molecule has 4 rings (SSSR count). The topological polar surface area (TPSA) is 195 Å². The van der Waals surface area contributed by atoms with E-state index >= 15 is 0 Å². The first-order valence-corrected chi connectivity index (χ1v) is 26.2. The first-order valence-electron chi connectivity index (χ1n) is 26.2. The Labute approximate surface area is 446 Å². The lowest BCUT2D eigenvalue weighted by atomic mass is 9.83. The lowest BCUT2D eigenvalue weighted by Gasteiger charge is -2.23. The molecule has 4 N–H and O–H groups in total. The van der Waals surface area contributed by atoms with Gasteiger partial charge in [0.2, 0.25) is 0 Å². The van der Waals surface area contributed by atoms with Crippen LogP contribution in [0.2, 0.25) is 0 Å². The summed E-state index contributed by atoms with van der Waals surface area (Å²) in [5, 5.41) is 43.0. The molecule has 412 valence electrons. The summed E-state index contributed by atoms with van der Waals surface area (Å²) in [5.41, 5.74) is 7.89. The van der Waals surface area contributed by atoms with Gasteiger partial charge >= 0.3 is 23.9 Å². The van der Waals surface area contributed by atoms with Crippen LogP contribution in [0.15, 0.2) is 48.5 Å². The van der Waals surface area contributed by atoms with Crippen LogP contribution in [0.4, 0.5) is 0 Å². The zero-order chi connectivity index (χ0) is 56.4. The number of esters is 4. The number of phenols is 4. The largest absolute Gasteiger partial charge is 0.507 e. The third-order valence-electron chi connectivity index (χ3n) is 13.2. The normalized spacial score (nSPS) is 13.0. The van der Waals surface area contributed by atoms with Crippen molar-refractivity contribution in [1.29, 1.82) is 0 Å². The van der Waals surface area contributed by atoms with E-state index in [1.807, 2.05) is 159 Å². The van der Waals surface area contributed by atoms with E-state index in [0.29, 0.717) is 47.9 Å². The van der Waals surface area contributed by atoms with Crippen molar-refractivity contribution in [2.45, 2.75) is 196 Å². The predicted octanol–water partition coefficient (Wildman–Crippen LogP) is 11.7. The van der Waals surface area contributed by atoms with Gasteiger partial charge in [0, 0.05) is 25.7 Å². The maximum absolute atomic E-state index is 13.5. The quantitative estimate of drug-likeness (QED) is 0.0429. The molecule has 0 saturated carbocycles. The number of phenolic OH excluding ortho intramolecular Hbond substituents is 4. The number of ether oxygens (including phenoxy) is 5. The van der Waals surface area contributed by atoms with Crippen LogP contribution >= 0.6 is 0 Å². The molecule has 2 unspecified atom stereocenters. The SMILES string of the molecule is Cc1cc(CCC(=O)OCC(COCC(COC(=O)CCc2cc(C)c(O)c(C(C)(C)C)c2)OC(=O)CCc2cc(C)c(O)c(C(C)(C)C)c2)OC(=O)CCc2cc(C)c(O)c(C(C)(C)C)c2)cc(C(C)(C)C)c1O. The standard InChI is InChI=1S/C62H86O13/c1-37-25-41(29-47(55(37)67)59(5,6)7)17-21-51(63)72-35-45(74-53(65)23-19-43-27-39(3)57(69)49(31-43)61(11,12)13)33-71-34-46(75-54(66)24-20-44-28-40(4)58(70)50(32-44)62(14,15)16)36-73-52(64)22-18-42-26-38(2)56(68)48(30-42)60(8,9)10/h25-32,45-46,67-70H,17-24,33-36H2,1-16H3. The molecule has 0 radical (unpaired) electrons. The van der Waals surface area contributed by atoms with Crippen LogP contribution in [0, 0.1) is 27.7 Å². The third-order valence-corrected chi connectivity index (χ3v) is 13.2. The summed E-state index contributed by atoms with van der Waals surface area (Å²) in [6.07, 6.45) is -0.853. The smallest absolute Gasteiger partial charge is 0.306 e. The van der Waals surface area contributed by atoms with Crippen molar-refractivity contribution in [3.05, 3.63) is 115 Å². The molecule has 4 aromatic rings. The van der Waals surface area contributed by atoms with Crippen molar-refractivity contribution in [3.63, 3.8) is 0 Å². The van der Waals surface area contributed by atoms with Crippen molar-refractivity contribution in [1.82, 2.24) is 0 Å². The van der Waals surface area contributed by atoms with Crippen LogP contribution in [-0.4, -0.2) is 82.9 Å². The third kappa shape index (κ3) is 18.6. The molecule has 0 fully saturated rings. The van der Waals surface area contributed by atoms with E-state index in [2.05, 4.69) is 0 Å². The Morgan fingerprint density at radius 2 is 0.600 bits per heavy atom. The van der Waals surface area contributed by atoms with Gasteiger partial charge in [0.1, 0.15) is 36.2 Å². The molecular formula is C62H86O13. The molecule has 0 saturated heterocycles. The van der Waals surface area contributed by atoms with E-state index in [1.165, 1.54) is 0 Å². The number of carbonyl (C=O) groups is 4. The van der Waals surface area contributed by atoms with Crippen LogP contribution in [0.5, 0.6) is 23.0 Å². The summed E-state index contributed by atoms with van der Waals surface area (Å²) in [6.45, 7) is 30.1. The fraction of sp³-hybridized carbons (Fsp3) is 0.548. The fourth-order valence-electron chi connectivity index (χ4n) is 8.84. The Hall–Kier alpha value is -6.08. The van der Waals surface area contributed by atoms with E-state index in [9.17, 15) is 39.6 Å². The van der Waals surface area contributed by atoms with Crippen molar-refractivity contribution >= 4 is 23.9 Å². The maximum atomic E-state index is 13.5. The van der Waals surface area contributed by atoms with Gasteiger partial charge in [0.05, 0.1) is 13.2 Å². The zero-order valence-electron chi connectivity index (χ0n) is 47.7. The Kier molecular flexibility index (Phi) is 21.0. The summed E-state index contributed by atoms with van der Waals surface area (Å²) in [5.74, 6) is -1.37. The molecule has 0 bridgehead atoms. The van der Waals surface area contributed by atoms with Crippen molar-refractivity contribution in [2.75, 3.05) is 26.4 Å². The Morgan fingerprint density at radius 1 is 0.373 bits per heavy atom. The van der Waals surface area contributed by atoms with Crippen molar-refractivity contribution in [3.8, 4) is 23.0 Å². The van der Waals surface area contributed by atoms with Crippen LogP contribution in [0.25, 0.3) is 0 Å². The predicted molar refractivity (Wildman–Crippen MR) is 292 cm³/mol. The van der Waals surface area contributed by atoms with Crippen molar-refractivity contribution < 1.29 is 63.3 Å². The van der Waals surface area contributed by atoms with E-state index in [4.69, 9.17) is 23.7 Å². The highest BCUT2D eigenvalue weighted by Crippen LogP contribution is 2.38. The minimum absolute atomic E-state index is 0.0142. The molecule has 0 heterocycles. The highest BCUT2D eigenvalue weighted by molar-refractivity contribution is 5.72. The molecule has 0 aliphatic rings. The Morgan fingerprint density at radius 3 is 0.827 bits per heavy atom. The van der Waals surface area contributed by atoms with Gasteiger partial charge in [-0.1, -0.05) is 132 Å².